The molecule has 0 unspecified atom stereocenters. The number of nitrogens with zero attached hydrogens (tertiary/aromatic N) is 3. The Labute approximate surface area is 170 Å². The van der Waals surface area contributed by atoms with Crippen LogP contribution in [-0.2, 0) is 11.3 Å². The molecule has 4 aromatic rings. The first-order valence-electron chi connectivity index (χ1n) is 9.65. The van der Waals surface area contributed by atoms with Gasteiger partial charge in [0.1, 0.15) is 0 Å². The van der Waals surface area contributed by atoms with Crippen molar-refractivity contribution in [1.82, 2.24) is 14.8 Å². The normalized spacial score (nSPS) is 11.0. The highest BCUT2D eigenvalue weighted by Gasteiger charge is 2.09. The molecule has 0 radical (unpaired) electrons. The lowest BCUT2D eigenvalue weighted by atomic mass is 10.1. The zero-order chi connectivity index (χ0) is 20.2. The van der Waals surface area contributed by atoms with Gasteiger partial charge in [-0.25, -0.2) is 9.67 Å². The van der Waals surface area contributed by atoms with E-state index in [0.717, 1.165) is 33.8 Å². The van der Waals surface area contributed by atoms with Gasteiger partial charge in [0.05, 0.1) is 24.2 Å². The van der Waals surface area contributed by atoms with Crippen LogP contribution < -0.4 is 5.32 Å². The maximum absolute atomic E-state index is 5.92. The predicted molar refractivity (Wildman–Crippen MR) is 114 cm³/mol. The van der Waals surface area contributed by atoms with Crippen LogP contribution in [0.4, 0.5) is 11.7 Å². The zero-order valence-corrected chi connectivity index (χ0v) is 16.8. The molecule has 0 saturated carbocycles. The molecule has 0 atom stereocenters. The van der Waals surface area contributed by atoms with Gasteiger partial charge in [-0.15, -0.1) is 0 Å². The molecule has 0 aliphatic carbocycles. The third-order valence-electron chi connectivity index (χ3n) is 4.66. The summed E-state index contributed by atoms with van der Waals surface area (Å²) in [5.41, 5.74) is 6.13. The van der Waals surface area contributed by atoms with E-state index in [1.54, 1.807) is 6.20 Å². The fraction of sp³-hybridized carbons (Fsp3) is 0.217. The summed E-state index contributed by atoms with van der Waals surface area (Å²) in [7, 11) is 0. The van der Waals surface area contributed by atoms with E-state index in [9.17, 15) is 0 Å². The molecule has 0 aliphatic rings. The zero-order valence-electron chi connectivity index (χ0n) is 16.8. The minimum Gasteiger partial charge on any atom is -0.423 e. The third-order valence-corrected chi connectivity index (χ3v) is 4.66. The van der Waals surface area contributed by atoms with Gasteiger partial charge in [-0.1, -0.05) is 12.1 Å². The monoisotopic (exact) mass is 388 g/mol. The molecular weight excluding hydrogens is 364 g/mol. The number of aromatic nitrogens is 3. The van der Waals surface area contributed by atoms with Crippen LogP contribution in [0.2, 0.25) is 0 Å². The van der Waals surface area contributed by atoms with E-state index in [-0.39, 0.29) is 0 Å². The molecule has 6 heteroatoms. The highest BCUT2D eigenvalue weighted by molar-refractivity contribution is 5.62. The fourth-order valence-corrected chi connectivity index (χ4v) is 3.03. The number of anilines is 2. The van der Waals surface area contributed by atoms with E-state index >= 15 is 0 Å². The van der Waals surface area contributed by atoms with Crippen LogP contribution >= 0.6 is 0 Å². The van der Waals surface area contributed by atoms with Crippen LogP contribution in [0.3, 0.4) is 0 Å². The first kappa shape index (κ1) is 19.0. The predicted octanol–water partition coefficient (Wildman–Crippen LogP) is 5.42. The van der Waals surface area contributed by atoms with Gasteiger partial charge in [-0.3, -0.25) is 0 Å². The quantitative estimate of drug-likeness (QED) is 0.458. The highest BCUT2D eigenvalue weighted by atomic mass is 16.5. The molecule has 0 aliphatic heterocycles. The van der Waals surface area contributed by atoms with Crippen molar-refractivity contribution >= 4 is 11.7 Å². The molecule has 4 rings (SSSR count). The van der Waals surface area contributed by atoms with Crippen LogP contribution in [0, 0.1) is 13.8 Å². The van der Waals surface area contributed by atoms with E-state index in [0.29, 0.717) is 25.0 Å². The highest BCUT2D eigenvalue weighted by Crippen LogP contribution is 2.27. The number of nitrogens with one attached hydrogen (secondary N) is 1. The first-order chi connectivity index (χ1) is 14.1. The van der Waals surface area contributed by atoms with Gasteiger partial charge < -0.3 is 14.5 Å². The maximum Gasteiger partial charge on any atom is 0.299 e. The second-order valence-electron chi connectivity index (χ2n) is 6.89. The van der Waals surface area contributed by atoms with Crippen LogP contribution in [0.25, 0.3) is 17.0 Å². The van der Waals surface area contributed by atoms with Crippen LogP contribution in [0.5, 0.6) is 0 Å². The Bertz CT molecular complexity index is 1100. The molecule has 0 amide bonds. The van der Waals surface area contributed by atoms with Gasteiger partial charge in [-0.2, -0.15) is 5.10 Å². The minimum atomic E-state index is 0.462. The summed E-state index contributed by atoms with van der Waals surface area (Å²) in [6.45, 7) is 7.29. The lowest BCUT2D eigenvalue weighted by Gasteiger charge is -2.09. The molecule has 0 bridgehead atoms. The lowest BCUT2D eigenvalue weighted by Crippen LogP contribution is -1.97. The fourth-order valence-electron chi connectivity index (χ4n) is 3.03. The largest absolute Gasteiger partial charge is 0.423 e. The average molecular weight is 388 g/mol. The first-order valence-corrected chi connectivity index (χ1v) is 9.65. The Kier molecular flexibility index (Phi) is 5.44. The third kappa shape index (κ3) is 4.38. The standard InChI is InChI=1S/C23H24N4O2/c1-4-28-15-18-6-5-16(2)21(13-18)25-23-24-14-22(29-23)19-7-9-20(10-8-19)27-12-11-17(3)26-27/h5-14H,4,15H2,1-3H3,(H,24,25). The van der Waals surface area contributed by atoms with Crippen molar-refractivity contribution in [2.24, 2.45) is 0 Å². The molecule has 29 heavy (non-hydrogen) atoms. The molecule has 0 fully saturated rings. The van der Waals surface area contributed by atoms with Crippen molar-refractivity contribution in [3.63, 3.8) is 0 Å². The Morgan fingerprint density at radius 2 is 1.90 bits per heavy atom. The van der Waals surface area contributed by atoms with Crippen LogP contribution in [-0.4, -0.2) is 21.4 Å². The molecule has 148 valence electrons. The number of aryl methyl sites for hydroxylation is 2. The van der Waals surface area contributed by atoms with Gasteiger partial charge in [-0.05, 0) is 68.3 Å². The summed E-state index contributed by atoms with van der Waals surface area (Å²) in [4.78, 5) is 4.38. The number of oxazole rings is 1. The second-order valence-corrected chi connectivity index (χ2v) is 6.89. The Hall–Kier alpha value is -3.38. The molecular formula is C23H24N4O2. The summed E-state index contributed by atoms with van der Waals surface area (Å²) in [6.07, 6.45) is 3.68. The number of ether oxygens (including phenoxy) is 1. The lowest BCUT2D eigenvalue weighted by molar-refractivity contribution is 0.134. The van der Waals surface area contributed by atoms with E-state index in [2.05, 4.69) is 33.6 Å². The molecule has 6 nitrogen and oxygen atoms in total. The number of rotatable bonds is 7. The van der Waals surface area contributed by atoms with Gasteiger partial charge in [0.2, 0.25) is 0 Å². The van der Waals surface area contributed by atoms with Gasteiger partial charge in [0.15, 0.2) is 5.76 Å². The number of benzene rings is 2. The van der Waals surface area contributed by atoms with Crippen molar-refractivity contribution in [2.45, 2.75) is 27.4 Å². The molecule has 0 spiro atoms. The summed E-state index contributed by atoms with van der Waals surface area (Å²) in [6, 6.07) is 16.7. The summed E-state index contributed by atoms with van der Waals surface area (Å²) in [5.74, 6) is 0.707. The Morgan fingerprint density at radius 1 is 1.07 bits per heavy atom. The van der Waals surface area contributed by atoms with Crippen molar-refractivity contribution in [1.29, 1.82) is 0 Å². The number of hydrogen-bond donors (Lipinski definition) is 1. The van der Waals surface area contributed by atoms with Crippen LogP contribution in [0.1, 0.15) is 23.7 Å². The Morgan fingerprint density at radius 3 is 2.62 bits per heavy atom. The Balaban J connectivity index is 1.50. The van der Waals surface area contributed by atoms with E-state index in [1.807, 2.05) is 62.0 Å². The van der Waals surface area contributed by atoms with Crippen molar-refractivity contribution in [2.75, 3.05) is 11.9 Å². The van der Waals surface area contributed by atoms with Crippen molar-refractivity contribution in [3.8, 4) is 17.0 Å². The summed E-state index contributed by atoms with van der Waals surface area (Å²) < 4.78 is 13.3. The minimum absolute atomic E-state index is 0.462. The van der Waals surface area contributed by atoms with Crippen LogP contribution in [0.15, 0.2) is 65.3 Å². The molecule has 2 aromatic heterocycles. The smallest absolute Gasteiger partial charge is 0.299 e. The van der Waals surface area contributed by atoms with Gasteiger partial charge >= 0.3 is 0 Å². The maximum atomic E-state index is 5.92. The summed E-state index contributed by atoms with van der Waals surface area (Å²) >= 11 is 0. The SMILES string of the molecule is CCOCc1ccc(C)c(Nc2ncc(-c3ccc(-n4ccc(C)n4)cc3)o2)c1. The second kappa shape index (κ2) is 8.32. The van der Waals surface area contributed by atoms with Gasteiger partial charge in [0, 0.05) is 24.1 Å². The average Bonchev–Trinajstić information content (AvgIpc) is 3.38. The molecule has 2 aromatic carbocycles. The van der Waals surface area contributed by atoms with E-state index < -0.39 is 0 Å². The van der Waals surface area contributed by atoms with E-state index in [4.69, 9.17) is 9.15 Å². The molecule has 2 heterocycles. The van der Waals surface area contributed by atoms with Gasteiger partial charge in [0.25, 0.3) is 6.01 Å². The van der Waals surface area contributed by atoms with Crippen molar-refractivity contribution < 1.29 is 9.15 Å². The topological polar surface area (TPSA) is 65.1 Å². The molecule has 1 N–H and O–H groups in total. The van der Waals surface area contributed by atoms with Crippen molar-refractivity contribution in [3.05, 3.63) is 77.7 Å². The van der Waals surface area contributed by atoms with E-state index in [1.165, 1.54) is 0 Å². The summed E-state index contributed by atoms with van der Waals surface area (Å²) in [5, 5.41) is 7.70. The molecule has 0 saturated heterocycles. The number of hydrogen-bond acceptors (Lipinski definition) is 5.